The Balaban J connectivity index is 2.09. The summed E-state index contributed by atoms with van der Waals surface area (Å²) in [5.41, 5.74) is 6.26. The molecule has 0 fully saturated rings. The number of pyridine rings is 1. The summed E-state index contributed by atoms with van der Waals surface area (Å²) in [5.74, 6) is 1.42. The van der Waals surface area contributed by atoms with Crippen molar-refractivity contribution in [1.29, 1.82) is 0 Å². The van der Waals surface area contributed by atoms with Crippen molar-refractivity contribution in [3.63, 3.8) is 0 Å². The number of nitrogens with zero attached hydrogens (tertiary/aromatic N) is 3. The largest absolute Gasteiger partial charge is 0.497 e. The lowest BCUT2D eigenvalue weighted by Gasteiger charge is -2.17. The van der Waals surface area contributed by atoms with Gasteiger partial charge in [0.15, 0.2) is 0 Å². The van der Waals surface area contributed by atoms with E-state index in [1.807, 2.05) is 61.5 Å². The monoisotopic (exact) mass is 383 g/mol. The molecule has 0 aliphatic heterocycles. The van der Waals surface area contributed by atoms with Crippen LogP contribution >= 0.6 is 0 Å². The maximum atomic E-state index is 5.51. The fourth-order valence-electron chi connectivity index (χ4n) is 3.40. The third-order valence-corrected chi connectivity index (χ3v) is 4.76. The summed E-state index contributed by atoms with van der Waals surface area (Å²) in [5, 5.41) is 8.98. The van der Waals surface area contributed by atoms with E-state index in [2.05, 4.69) is 27.3 Å². The second-order valence-corrected chi connectivity index (χ2v) is 6.57. The smallest absolute Gasteiger partial charge is 0.123 e. The molecule has 0 aliphatic rings. The summed E-state index contributed by atoms with van der Waals surface area (Å²) in [4.78, 5) is 4.52. The zero-order valence-electron chi connectivity index (χ0n) is 16.6. The average molecular weight is 383 g/mol. The first kappa shape index (κ1) is 18.6. The predicted octanol–water partition coefficient (Wildman–Crippen LogP) is 5.20. The number of benzene rings is 2. The number of aromatic nitrogens is 3. The Morgan fingerprint density at radius 1 is 0.690 bits per heavy atom. The van der Waals surface area contributed by atoms with Crippen LogP contribution in [0.25, 0.3) is 33.6 Å². The quantitative estimate of drug-likeness (QED) is 0.474. The number of methoxy groups -OCH3 is 2. The molecular weight excluding hydrogens is 362 g/mol. The Bertz CT molecular complexity index is 1110. The van der Waals surface area contributed by atoms with Gasteiger partial charge in [0, 0.05) is 23.4 Å². The molecule has 0 amide bonds. The topological polar surface area (TPSA) is 57.1 Å². The molecule has 0 saturated heterocycles. The summed E-state index contributed by atoms with van der Waals surface area (Å²) in [6, 6.07) is 21.8. The van der Waals surface area contributed by atoms with Gasteiger partial charge in [-0.2, -0.15) is 5.10 Å². The van der Waals surface area contributed by atoms with Crippen molar-refractivity contribution in [2.45, 2.75) is 6.92 Å². The summed E-state index contributed by atoms with van der Waals surface area (Å²) in [6.07, 6.45) is 1.76. The fraction of sp³-hybridized carbons (Fsp3) is 0.125. The highest BCUT2D eigenvalue weighted by molar-refractivity contribution is 5.93. The molecule has 4 rings (SSSR count). The Hall–Kier alpha value is -3.73. The summed E-state index contributed by atoms with van der Waals surface area (Å²) in [7, 11) is 3.29. The van der Waals surface area contributed by atoms with Crippen LogP contribution in [0.4, 0.5) is 0 Å². The standard InChI is InChI=1S/C24H21N3O2/c1-16-22(17-9-5-4-6-10-17)23(18-13-19(28-2)15-20(14-18)29-3)24(27-26-16)21-11-7-8-12-25-21/h4-15H,1-3H3. The van der Waals surface area contributed by atoms with Gasteiger partial charge in [0.1, 0.15) is 17.2 Å². The van der Waals surface area contributed by atoms with Gasteiger partial charge in [-0.15, -0.1) is 5.10 Å². The molecule has 0 radical (unpaired) electrons. The maximum Gasteiger partial charge on any atom is 0.123 e. The lowest BCUT2D eigenvalue weighted by Crippen LogP contribution is -2.01. The number of hydrogen-bond acceptors (Lipinski definition) is 5. The molecule has 0 aliphatic carbocycles. The van der Waals surface area contributed by atoms with E-state index in [-0.39, 0.29) is 0 Å². The van der Waals surface area contributed by atoms with Crippen molar-refractivity contribution in [1.82, 2.24) is 15.2 Å². The fourth-order valence-corrected chi connectivity index (χ4v) is 3.40. The third kappa shape index (κ3) is 3.67. The van der Waals surface area contributed by atoms with E-state index in [1.165, 1.54) is 0 Å². The molecule has 0 atom stereocenters. The van der Waals surface area contributed by atoms with E-state index in [0.29, 0.717) is 17.2 Å². The Morgan fingerprint density at radius 3 is 2.00 bits per heavy atom. The molecule has 5 heteroatoms. The molecule has 2 aromatic heterocycles. The van der Waals surface area contributed by atoms with Gasteiger partial charge in [-0.1, -0.05) is 36.4 Å². The van der Waals surface area contributed by atoms with Gasteiger partial charge in [-0.25, -0.2) is 0 Å². The minimum Gasteiger partial charge on any atom is -0.497 e. The first-order valence-electron chi connectivity index (χ1n) is 9.29. The van der Waals surface area contributed by atoms with Crippen LogP contribution in [0.1, 0.15) is 5.69 Å². The van der Waals surface area contributed by atoms with Crippen molar-refractivity contribution in [2.24, 2.45) is 0 Å². The Morgan fingerprint density at radius 2 is 1.38 bits per heavy atom. The van der Waals surface area contributed by atoms with E-state index >= 15 is 0 Å². The van der Waals surface area contributed by atoms with E-state index in [1.54, 1.807) is 20.4 Å². The van der Waals surface area contributed by atoms with Crippen molar-refractivity contribution >= 4 is 0 Å². The van der Waals surface area contributed by atoms with E-state index < -0.39 is 0 Å². The number of aryl methyl sites for hydroxylation is 1. The van der Waals surface area contributed by atoms with Crippen LogP contribution in [0.3, 0.4) is 0 Å². The molecule has 0 saturated carbocycles. The van der Waals surface area contributed by atoms with Crippen LogP contribution in [0, 0.1) is 6.92 Å². The zero-order valence-corrected chi connectivity index (χ0v) is 16.6. The van der Waals surface area contributed by atoms with Crippen molar-refractivity contribution in [3.8, 4) is 45.1 Å². The molecule has 2 aromatic carbocycles. The van der Waals surface area contributed by atoms with Gasteiger partial charge in [0.05, 0.1) is 25.6 Å². The highest BCUT2D eigenvalue weighted by atomic mass is 16.5. The van der Waals surface area contributed by atoms with Crippen molar-refractivity contribution in [2.75, 3.05) is 14.2 Å². The molecule has 0 unspecified atom stereocenters. The minimum atomic E-state index is 0.708. The lowest BCUT2D eigenvalue weighted by molar-refractivity contribution is 0.394. The Labute approximate surface area is 170 Å². The summed E-state index contributed by atoms with van der Waals surface area (Å²) < 4.78 is 11.0. The SMILES string of the molecule is COc1cc(OC)cc(-c2c(-c3ccccn3)nnc(C)c2-c2ccccc2)c1. The Kier molecular flexibility index (Phi) is 5.20. The van der Waals surface area contributed by atoms with Gasteiger partial charge < -0.3 is 9.47 Å². The van der Waals surface area contributed by atoms with E-state index in [4.69, 9.17) is 9.47 Å². The third-order valence-electron chi connectivity index (χ3n) is 4.76. The summed E-state index contributed by atoms with van der Waals surface area (Å²) in [6.45, 7) is 1.97. The zero-order chi connectivity index (χ0) is 20.2. The predicted molar refractivity (Wildman–Crippen MR) is 114 cm³/mol. The molecule has 5 nitrogen and oxygen atoms in total. The molecule has 0 N–H and O–H groups in total. The average Bonchev–Trinajstić information content (AvgIpc) is 2.79. The maximum absolute atomic E-state index is 5.51. The highest BCUT2D eigenvalue weighted by Gasteiger charge is 2.20. The molecule has 29 heavy (non-hydrogen) atoms. The van der Waals surface area contributed by atoms with E-state index in [0.717, 1.165) is 33.6 Å². The minimum absolute atomic E-state index is 0.708. The van der Waals surface area contributed by atoms with Crippen molar-refractivity contribution < 1.29 is 9.47 Å². The lowest BCUT2D eigenvalue weighted by atomic mass is 9.91. The molecular formula is C24H21N3O2. The second kappa shape index (κ2) is 8.10. The molecule has 2 heterocycles. The molecule has 144 valence electrons. The van der Waals surface area contributed by atoms with Gasteiger partial charge in [0.25, 0.3) is 0 Å². The number of hydrogen-bond donors (Lipinski definition) is 0. The number of rotatable bonds is 5. The first-order chi connectivity index (χ1) is 14.2. The number of ether oxygens (including phenoxy) is 2. The van der Waals surface area contributed by atoms with Gasteiger partial charge in [-0.05, 0) is 42.3 Å². The molecule has 4 aromatic rings. The van der Waals surface area contributed by atoms with E-state index in [9.17, 15) is 0 Å². The van der Waals surface area contributed by atoms with Crippen LogP contribution in [-0.4, -0.2) is 29.4 Å². The molecule has 0 spiro atoms. The highest BCUT2D eigenvalue weighted by Crippen LogP contribution is 2.41. The normalized spacial score (nSPS) is 10.6. The summed E-state index contributed by atoms with van der Waals surface area (Å²) >= 11 is 0. The van der Waals surface area contributed by atoms with Crippen LogP contribution in [0.2, 0.25) is 0 Å². The van der Waals surface area contributed by atoms with Gasteiger partial charge in [-0.3, -0.25) is 4.98 Å². The van der Waals surface area contributed by atoms with Gasteiger partial charge >= 0.3 is 0 Å². The van der Waals surface area contributed by atoms with Crippen LogP contribution in [0.15, 0.2) is 72.9 Å². The van der Waals surface area contributed by atoms with Crippen LogP contribution < -0.4 is 9.47 Å². The molecule has 0 bridgehead atoms. The van der Waals surface area contributed by atoms with Gasteiger partial charge in [0.2, 0.25) is 0 Å². The first-order valence-corrected chi connectivity index (χ1v) is 9.29. The van der Waals surface area contributed by atoms with Crippen molar-refractivity contribution in [3.05, 3.63) is 78.6 Å². The second-order valence-electron chi connectivity index (χ2n) is 6.57. The van der Waals surface area contributed by atoms with Crippen LogP contribution in [-0.2, 0) is 0 Å². The van der Waals surface area contributed by atoms with Crippen LogP contribution in [0.5, 0.6) is 11.5 Å².